The Labute approximate surface area is 91.5 Å². The van der Waals surface area contributed by atoms with Crippen LogP contribution in [-0.2, 0) is 4.79 Å². The number of rotatable bonds is 4. The molecular formula is C12H22O3. The fourth-order valence-corrected chi connectivity index (χ4v) is 2.84. The predicted octanol–water partition coefficient (Wildman–Crippen LogP) is 2.43. The van der Waals surface area contributed by atoms with Crippen molar-refractivity contribution in [1.82, 2.24) is 0 Å². The molecule has 0 aromatic carbocycles. The fraction of sp³-hybridized carbons (Fsp3) is 0.917. The van der Waals surface area contributed by atoms with Crippen LogP contribution in [0.25, 0.3) is 0 Å². The first-order valence-electron chi connectivity index (χ1n) is 5.75. The van der Waals surface area contributed by atoms with E-state index in [0.717, 1.165) is 19.3 Å². The lowest BCUT2D eigenvalue weighted by molar-refractivity contribution is -0.152. The zero-order valence-electron chi connectivity index (χ0n) is 9.92. The molecule has 15 heavy (non-hydrogen) atoms. The van der Waals surface area contributed by atoms with Crippen LogP contribution in [0.3, 0.4) is 0 Å². The van der Waals surface area contributed by atoms with Gasteiger partial charge in [-0.25, -0.2) is 0 Å². The molecule has 2 unspecified atom stereocenters. The highest BCUT2D eigenvalue weighted by molar-refractivity contribution is 5.75. The van der Waals surface area contributed by atoms with E-state index >= 15 is 0 Å². The molecule has 0 spiro atoms. The van der Waals surface area contributed by atoms with Crippen LogP contribution in [0.2, 0.25) is 0 Å². The third-order valence-corrected chi connectivity index (χ3v) is 3.51. The van der Waals surface area contributed by atoms with Gasteiger partial charge in [-0.05, 0) is 45.4 Å². The lowest BCUT2D eigenvalue weighted by Crippen LogP contribution is -2.36. The van der Waals surface area contributed by atoms with Crippen molar-refractivity contribution in [1.29, 1.82) is 0 Å². The van der Waals surface area contributed by atoms with E-state index < -0.39 is 17.0 Å². The zero-order valence-corrected chi connectivity index (χ0v) is 9.92. The van der Waals surface area contributed by atoms with Gasteiger partial charge in [0.1, 0.15) is 0 Å². The number of carboxylic acids is 1. The Bertz CT molecular complexity index is 242. The van der Waals surface area contributed by atoms with Crippen LogP contribution >= 0.6 is 0 Å². The largest absolute Gasteiger partial charge is 0.481 e. The van der Waals surface area contributed by atoms with Crippen molar-refractivity contribution < 1.29 is 15.0 Å². The molecular weight excluding hydrogens is 192 g/mol. The first-order valence-corrected chi connectivity index (χ1v) is 5.75. The molecule has 0 aromatic rings. The van der Waals surface area contributed by atoms with Crippen LogP contribution in [0, 0.1) is 11.3 Å². The maximum atomic E-state index is 11.4. The van der Waals surface area contributed by atoms with Gasteiger partial charge in [-0.3, -0.25) is 4.79 Å². The lowest BCUT2D eigenvalue weighted by atomic mass is 9.76. The average molecular weight is 214 g/mol. The van der Waals surface area contributed by atoms with Gasteiger partial charge in [-0.1, -0.05) is 13.3 Å². The van der Waals surface area contributed by atoms with E-state index in [1.807, 2.05) is 0 Å². The second kappa shape index (κ2) is 4.12. The minimum Gasteiger partial charge on any atom is -0.481 e. The van der Waals surface area contributed by atoms with Crippen LogP contribution in [0.1, 0.15) is 52.9 Å². The Morgan fingerprint density at radius 1 is 1.53 bits per heavy atom. The highest BCUT2D eigenvalue weighted by Crippen LogP contribution is 2.48. The highest BCUT2D eigenvalue weighted by Gasteiger charge is 2.47. The minimum atomic E-state index is -0.888. The number of hydrogen-bond donors (Lipinski definition) is 2. The van der Waals surface area contributed by atoms with E-state index in [1.165, 1.54) is 0 Å². The first-order chi connectivity index (χ1) is 6.79. The molecule has 0 aromatic heterocycles. The van der Waals surface area contributed by atoms with Crippen molar-refractivity contribution in [3.63, 3.8) is 0 Å². The Morgan fingerprint density at radius 2 is 2.13 bits per heavy atom. The fourth-order valence-electron chi connectivity index (χ4n) is 2.84. The standard InChI is InChI=1S/C12H22O3/c1-4-9-5-6-12(7-9,10(13)14)8-11(2,3)15/h9,15H,4-8H2,1-3H3,(H,13,14). The molecule has 1 fully saturated rings. The van der Waals surface area contributed by atoms with E-state index in [0.29, 0.717) is 18.8 Å². The molecule has 0 saturated heterocycles. The molecule has 88 valence electrons. The van der Waals surface area contributed by atoms with Crippen molar-refractivity contribution in [2.24, 2.45) is 11.3 Å². The van der Waals surface area contributed by atoms with Crippen LogP contribution in [0.15, 0.2) is 0 Å². The third-order valence-electron chi connectivity index (χ3n) is 3.51. The summed E-state index contributed by atoms with van der Waals surface area (Å²) in [7, 11) is 0. The average Bonchev–Trinajstić information content (AvgIpc) is 2.46. The minimum absolute atomic E-state index is 0.367. The molecule has 2 atom stereocenters. The summed E-state index contributed by atoms with van der Waals surface area (Å²) < 4.78 is 0. The van der Waals surface area contributed by atoms with Gasteiger partial charge in [0.25, 0.3) is 0 Å². The predicted molar refractivity (Wildman–Crippen MR) is 58.6 cm³/mol. The van der Waals surface area contributed by atoms with Crippen molar-refractivity contribution in [3.8, 4) is 0 Å². The van der Waals surface area contributed by atoms with Gasteiger partial charge in [0.05, 0.1) is 11.0 Å². The van der Waals surface area contributed by atoms with Crippen molar-refractivity contribution in [2.45, 2.75) is 58.5 Å². The van der Waals surface area contributed by atoms with Crippen LogP contribution in [0.5, 0.6) is 0 Å². The molecule has 1 aliphatic rings. The number of aliphatic carboxylic acids is 1. The summed E-state index contributed by atoms with van der Waals surface area (Å²) in [5, 5.41) is 19.1. The summed E-state index contributed by atoms with van der Waals surface area (Å²) in [6.07, 6.45) is 3.83. The van der Waals surface area contributed by atoms with Gasteiger partial charge >= 0.3 is 5.97 Å². The number of hydrogen-bond acceptors (Lipinski definition) is 2. The van der Waals surface area contributed by atoms with Crippen LogP contribution < -0.4 is 0 Å². The van der Waals surface area contributed by atoms with E-state index in [1.54, 1.807) is 13.8 Å². The van der Waals surface area contributed by atoms with Gasteiger partial charge in [0.2, 0.25) is 0 Å². The molecule has 0 aliphatic heterocycles. The first kappa shape index (κ1) is 12.5. The SMILES string of the molecule is CCC1CCC(CC(C)(C)O)(C(=O)O)C1. The van der Waals surface area contributed by atoms with Crippen molar-refractivity contribution in [2.75, 3.05) is 0 Å². The summed E-state index contributed by atoms with van der Waals surface area (Å²) in [6.45, 7) is 5.49. The topological polar surface area (TPSA) is 57.5 Å². The summed E-state index contributed by atoms with van der Waals surface area (Å²) in [6, 6.07) is 0. The van der Waals surface area contributed by atoms with E-state index in [4.69, 9.17) is 0 Å². The van der Waals surface area contributed by atoms with Gasteiger partial charge in [-0.2, -0.15) is 0 Å². The van der Waals surface area contributed by atoms with Crippen molar-refractivity contribution in [3.05, 3.63) is 0 Å². The summed E-state index contributed by atoms with van der Waals surface area (Å²) in [4.78, 5) is 11.4. The summed E-state index contributed by atoms with van der Waals surface area (Å²) >= 11 is 0. The Hall–Kier alpha value is -0.570. The molecule has 0 radical (unpaired) electrons. The second-order valence-corrected chi connectivity index (χ2v) is 5.59. The summed E-state index contributed by atoms with van der Waals surface area (Å²) in [5.74, 6) is -0.218. The summed E-state index contributed by atoms with van der Waals surface area (Å²) in [5.41, 5.74) is -1.57. The van der Waals surface area contributed by atoms with Gasteiger partial charge in [0, 0.05) is 0 Å². The molecule has 0 heterocycles. The third kappa shape index (κ3) is 2.94. The van der Waals surface area contributed by atoms with E-state index in [9.17, 15) is 15.0 Å². The molecule has 3 heteroatoms. The molecule has 1 saturated carbocycles. The Morgan fingerprint density at radius 3 is 2.47 bits per heavy atom. The Kier molecular flexibility index (Phi) is 3.44. The molecule has 1 rings (SSSR count). The van der Waals surface area contributed by atoms with Gasteiger partial charge in [-0.15, -0.1) is 0 Å². The second-order valence-electron chi connectivity index (χ2n) is 5.59. The zero-order chi connectivity index (χ0) is 11.7. The highest BCUT2D eigenvalue weighted by atomic mass is 16.4. The lowest BCUT2D eigenvalue weighted by Gasteiger charge is -2.31. The quantitative estimate of drug-likeness (QED) is 0.755. The maximum Gasteiger partial charge on any atom is 0.309 e. The smallest absolute Gasteiger partial charge is 0.309 e. The number of aliphatic hydroxyl groups is 1. The van der Waals surface area contributed by atoms with Crippen molar-refractivity contribution >= 4 is 5.97 Å². The Balaban J connectivity index is 2.78. The van der Waals surface area contributed by atoms with E-state index in [2.05, 4.69) is 6.92 Å². The molecule has 1 aliphatic carbocycles. The normalized spacial score (nSPS) is 31.9. The van der Waals surface area contributed by atoms with Crippen LogP contribution in [-0.4, -0.2) is 21.8 Å². The van der Waals surface area contributed by atoms with Gasteiger partial charge in [0.15, 0.2) is 0 Å². The molecule has 2 N–H and O–H groups in total. The molecule has 0 amide bonds. The molecule has 0 bridgehead atoms. The number of carboxylic acid groups (broad SMARTS) is 1. The van der Waals surface area contributed by atoms with Gasteiger partial charge < -0.3 is 10.2 Å². The molecule has 3 nitrogen and oxygen atoms in total. The monoisotopic (exact) mass is 214 g/mol. The van der Waals surface area contributed by atoms with E-state index in [-0.39, 0.29) is 0 Å². The number of carbonyl (C=O) groups is 1. The maximum absolute atomic E-state index is 11.4. The van der Waals surface area contributed by atoms with Crippen LogP contribution in [0.4, 0.5) is 0 Å².